The number of nitrogens with two attached hydrogens (primary N) is 1. The van der Waals surface area contributed by atoms with Crippen molar-refractivity contribution < 1.29 is 4.39 Å². The van der Waals surface area contributed by atoms with Crippen LogP contribution >= 0.6 is 11.6 Å². The van der Waals surface area contributed by atoms with E-state index in [1.54, 1.807) is 6.07 Å². The Hall–Kier alpha value is -0.640. The number of hydrogen-bond donors (Lipinski definition) is 1. The first-order chi connectivity index (χ1) is 9.67. The molecule has 2 atom stereocenters. The molecule has 1 saturated carbocycles. The van der Waals surface area contributed by atoms with Gasteiger partial charge in [-0.15, -0.1) is 0 Å². The third-order valence-corrected chi connectivity index (χ3v) is 4.74. The van der Waals surface area contributed by atoms with E-state index in [-0.39, 0.29) is 10.8 Å². The minimum Gasteiger partial charge on any atom is -0.330 e. The second-order valence-corrected chi connectivity index (χ2v) is 6.03. The molecule has 4 heteroatoms. The highest BCUT2D eigenvalue weighted by molar-refractivity contribution is 6.30. The smallest absolute Gasteiger partial charge is 0.146 e. The van der Waals surface area contributed by atoms with Crippen LogP contribution < -0.4 is 5.73 Å². The summed E-state index contributed by atoms with van der Waals surface area (Å²) in [5.41, 5.74) is 6.59. The zero-order chi connectivity index (χ0) is 14.5. The number of benzene rings is 1. The Labute approximate surface area is 126 Å². The molecule has 0 saturated heterocycles. The van der Waals surface area contributed by atoms with Crippen LogP contribution in [-0.2, 0) is 6.54 Å². The maximum absolute atomic E-state index is 14.1. The molecule has 20 heavy (non-hydrogen) atoms. The van der Waals surface area contributed by atoms with E-state index < -0.39 is 0 Å². The van der Waals surface area contributed by atoms with Crippen molar-refractivity contribution in [3.8, 4) is 0 Å². The average Bonchev–Trinajstić information content (AvgIpc) is 2.49. The topological polar surface area (TPSA) is 29.3 Å². The van der Waals surface area contributed by atoms with Gasteiger partial charge in [-0.1, -0.05) is 43.5 Å². The molecule has 112 valence electrons. The van der Waals surface area contributed by atoms with Crippen LogP contribution in [-0.4, -0.2) is 24.0 Å². The van der Waals surface area contributed by atoms with Crippen molar-refractivity contribution in [1.82, 2.24) is 4.90 Å². The monoisotopic (exact) mass is 298 g/mol. The average molecular weight is 299 g/mol. The van der Waals surface area contributed by atoms with Crippen LogP contribution in [0.1, 0.15) is 38.2 Å². The zero-order valence-corrected chi connectivity index (χ0v) is 12.9. The van der Waals surface area contributed by atoms with Gasteiger partial charge in [0.05, 0.1) is 5.02 Å². The first kappa shape index (κ1) is 15.7. The summed E-state index contributed by atoms with van der Waals surface area (Å²) in [5, 5.41) is 0.206. The van der Waals surface area contributed by atoms with E-state index in [1.807, 2.05) is 12.1 Å². The van der Waals surface area contributed by atoms with Crippen molar-refractivity contribution >= 4 is 11.6 Å². The van der Waals surface area contributed by atoms with Crippen molar-refractivity contribution in [2.45, 2.75) is 45.2 Å². The number of rotatable bonds is 5. The van der Waals surface area contributed by atoms with Gasteiger partial charge in [-0.3, -0.25) is 4.90 Å². The van der Waals surface area contributed by atoms with Gasteiger partial charge >= 0.3 is 0 Å². The highest BCUT2D eigenvalue weighted by atomic mass is 35.5. The predicted molar refractivity (Wildman–Crippen MR) is 82.3 cm³/mol. The summed E-state index contributed by atoms with van der Waals surface area (Å²) in [6.45, 7) is 4.38. The highest BCUT2D eigenvalue weighted by Gasteiger charge is 2.28. The normalized spacial score (nSPS) is 23.2. The summed E-state index contributed by atoms with van der Waals surface area (Å²) in [4.78, 5) is 2.35. The van der Waals surface area contributed by atoms with Gasteiger partial charge in [-0.05, 0) is 37.9 Å². The summed E-state index contributed by atoms with van der Waals surface area (Å²) in [6, 6.07) is 5.71. The number of halogens is 2. The Morgan fingerprint density at radius 3 is 2.80 bits per heavy atom. The molecule has 0 radical (unpaired) electrons. The summed E-state index contributed by atoms with van der Waals surface area (Å²) in [7, 11) is 0. The van der Waals surface area contributed by atoms with Gasteiger partial charge in [0.25, 0.3) is 0 Å². The molecule has 0 bridgehead atoms. The molecule has 1 aromatic rings. The molecule has 2 N–H and O–H groups in total. The lowest BCUT2D eigenvalue weighted by atomic mass is 9.83. The van der Waals surface area contributed by atoms with E-state index in [0.717, 1.165) is 19.5 Å². The Balaban J connectivity index is 2.13. The molecule has 0 heterocycles. The van der Waals surface area contributed by atoms with Gasteiger partial charge in [-0.2, -0.15) is 0 Å². The Morgan fingerprint density at radius 1 is 1.35 bits per heavy atom. The molecule has 0 aromatic heterocycles. The fourth-order valence-corrected chi connectivity index (χ4v) is 3.49. The minimum atomic E-state index is -0.285. The standard InChI is InChI=1S/C16H24ClFN2/c1-2-20(15-9-4-3-6-12(15)10-19)11-13-7-5-8-14(17)16(13)18/h5,7-8,12,15H,2-4,6,9-11,19H2,1H3. The third kappa shape index (κ3) is 3.51. The highest BCUT2D eigenvalue weighted by Crippen LogP contribution is 2.29. The van der Waals surface area contributed by atoms with Crippen LogP contribution in [0.4, 0.5) is 4.39 Å². The van der Waals surface area contributed by atoms with Crippen molar-refractivity contribution in [1.29, 1.82) is 0 Å². The lowest BCUT2D eigenvalue weighted by molar-refractivity contribution is 0.104. The van der Waals surface area contributed by atoms with Gasteiger partial charge in [-0.25, -0.2) is 4.39 Å². The molecule has 1 aromatic carbocycles. The largest absolute Gasteiger partial charge is 0.330 e. The van der Waals surface area contributed by atoms with Crippen molar-refractivity contribution in [2.24, 2.45) is 11.7 Å². The van der Waals surface area contributed by atoms with Crippen LogP contribution in [0.2, 0.25) is 5.02 Å². The van der Waals surface area contributed by atoms with Gasteiger partial charge in [0.15, 0.2) is 0 Å². The second-order valence-electron chi connectivity index (χ2n) is 5.62. The van der Waals surface area contributed by atoms with Crippen LogP contribution in [0.3, 0.4) is 0 Å². The van der Waals surface area contributed by atoms with E-state index in [9.17, 15) is 4.39 Å². The number of nitrogens with zero attached hydrogens (tertiary/aromatic N) is 1. The molecule has 1 aliphatic rings. The molecular formula is C16H24ClFN2. The predicted octanol–water partition coefficient (Wildman–Crippen LogP) is 3.82. The maximum Gasteiger partial charge on any atom is 0.146 e. The second kappa shape index (κ2) is 7.39. The first-order valence-corrected chi connectivity index (χ1v) is 7.92. The fraction of sp³-hybridized carbons (Fsp3) is 0.625. The Bertz CT molecular complexity index is 438. The van der Waals surface area contributed by atoms with Crippen LogP contribution in [0.15, 0.2) is 18.2 Å². The van der Waals surface area contributed by atoms with Gasteiger partial charge in [0.2, 0.25) is 0 Å². The quantitative estimate of drug-likeness (QED) is 0.895. The minimum absolute atomic E-state index is 0.206. The van der Waals surface area contributed by atoms with E-state index in [4.69, 9.17) is 17.3 Å². The Kier molecular flexibility index (Phi) is 5.82. The van der Waals surface area contributed by atoms with E-state index in [2.05, 4.69) is 11.8 Å². The van der Waals surface area contributed by atoms with Crippen molar-refractivity contribution in [2.75, 3.05) is 13.1 Å². The molecule has 2 unspecified atom stereocenters. The zero-order valence-electron chi connectivity index (χ0n) is 12.1. The van der Waals surface area contributed by atoms with Gasteiger partial charge in [0, 0.05) is 18.2 Å². The summed E-state index contributed by atoms with van der Waals surface area (Å²) < 4.78 is 14.1. The number of hydrogen-bond acceptors (Lipinski definition) is 2. The molecule has 0 aliphatic heterocycles. The maximum atomic E-state index is 14.1. The van der Waals surface area contributed by atoms with E-state index in [1.165, 1.54) is 19.3 Å². The lowest BCUT2D eigenvalue weighted by Gasteiger charge is -2.39. The molecule has 2 nitrogen and oxygen atoms in total. The van der Waals surface area contributed by atoms with Crippen molar-refractivity contribution in [3.05, 3.63) is 34.6 Å². The third-order valence-electron chi connectivity index (χ3n) is 4.45. The summed E-state index contributed by atoms with van der Waals surface area (Å²) in [5.74, 6) is 0.249. The summed E-state index contributed by atoms with van der Waals surface area (Å²) in [6.07, 6.45) is 4.87. The molecular weight excluding hydrogens is 275 g/mol. The van der Waals surface area contributed by atoms with E-state index in [0.29, 0.717) is 24.1 Å². The van der Waals surface area contributed by atoms with Crippen LogP contribution in [0.5, 0.6) is 0 Å². The molecule has 0 amide bonds. The van der Waals surface area contributed by atoms with Crippen LogP contribution in [0.25, 0.3) is 0 Å². The first-order valence-electron chi connectivity index (χ1n) is 7.54. The van der Waals surface area contributed by atoms with Crippen molar-refractivity contribution in [3.63, 3.8) is 0 Å². The summed E-state index contributed by atoms with van der Waals surface area (Å²) >= 11 is 5.87. The lowest BCUT2D eigenvalue weighted by Crippen LogP contribution is -2.44. The Morgan fingerprint density at radius 2 is 2.10 bits per heavy atom. The van der Waals surface area contributed by atoms with Gasteiger partial charge < -0.3 is 5.73 Å². The molecule has 1 fully saturated rings. The molecule has 2 rings (SSSR count). The van der Waals surface area contributed by atoms with Gasteiger partial charge in [0.1, 0.15) is 5.82 Å². The fourth-order valence-electron chi connectivity index (χ4n) is 3.30. The SMILES string of the molecule is CCN(Cc1cccc(Cl)c1F)C1CCCCC1CN. The van der Waals surface area contributed by atoms with E-state index >= 15 is 0 Å². The molecule has 0 spiro atoms. The van der Waals surface area contributed by atoms with Crippen LogP contribution in [0, 0.1) is 11.7 Å². The molecule has 1 aliphatic carbocycles.